The predicted molar refractivity (Wildman–Crippen MR) is 62.6 cm³/mol. The Hall–Kier alpha value is -0.423. The van der Waals surface area contributed by atoms with Gasteiger partial charge in [-0.25, -0.2) is 0 Å². The van der Waals surface area contributed by atoms with E-state index in [4.69, 9.17) is 13.3 Å². The zero-order valence-electron chi connectivity index (χ0n) is 10.1. The van der Waals surface area contributed by atoms with Gasteiger partial charge in [0.15, 0.2) is 0 Å². The average Bonchev–Trinajstić information content (AvgIpc) is 2.26. The predicted octanol–water partition coefficient (Wildman–Crippen LogP) is 2.39. The highest BCUT2D eigenvalue weighted by Gasteiger charge is 2.57. The van der Waals surface area contributed by atoms with E-state index in [1.54, 1.807) is 21.3 Å². The summed E-state index contributed by atoms with van der Waals surface area (Å²) in [6.07, 6.45) is 8.35. The van der Waals surface area contributed by atoms with E-state index in [9.17, 15) is 0 Å². The maximum Gasteiger partial charge on any atom is 0.510 e. The van der Waals surface area contributed by atoms with Crippen LogP contribution in [-0.2, 0) is 13.3 Å². The molecule has 0 aromatic rings. The van der Waals surface area contributed by atoms with Gasteiger partial charge in [-0.15, -0.1) is 0 Å². The molecule has 0 aliphatic heterocycles. The summed E-state index contributed by atoms with van der Waals surface area (Å²) in [5.74, 6) is 0.342. The van der Waals surface area contributed by atoms with Crippen molar-refractivity contribution in [2.45, 2.75) is 18.9 Å². The second-order valence-electron chi connectivity index (χ2n) is 3.98. The monoisotopic (exact) mass is 228 g/mol. The van der Waals surface area contributed by atoms with Gasteiger partial charge in [-0.1, -0.05) is 38.2 Å². The van der Waals surface area contributed by atoms with Crippen LogP contribution in [0.4, 0.5) is 0 Å². The molecule has 0 aromatic carbocycles. The van der Waals surface area contributed by atoms with Crippen molar-refractivity contribution in [1.29, 1.82) is 0 Å². The van der Waals surface area contributed by atoms with Gasteiger partial charge in [-0.3, -0.25) is 0 Å². The molecule has 0 spiro atoms. The summed E-state index contributed by atoms with van der Waals surface area (Å²) in [5, 5.41) is -0.194. The van der Waals surface area contributed by atoms with Gasteiger partial charge < -0.3 is 13.3 Å². The Bertz CT molecular complexity index is 263. The Morgan fingerprint density at radius 1 is 1.07 bits per heavy atom. The highest BCUT2D eigenvalue weighted by Crippen LogP contribution is 2.49. The third-order valence-corrected chi connectivity index (χ3v) is 6.92. The average molecular weight is 228 g/mol. The molecule has 0 bridgehead atoms. The first-order chi connectivity index (χ1) is 7.06. The lowest BCUT2D eigenvalue weighted by Crippen LogP contribution is -2.55. The van der Waals surface area contributed by atoms with Crippen LogP contribution in [0.25, 0.3) is 0 Å². The van der Waals surface area contributed by atoms with E-state index in [1.165, 1.54) is 0 Å². The molecule has 0 heterocycles. The molecule has 0 N–H and O–H groups in total. The van der Waals surface area contributed by atoms with Crippen LogP contribution in [0.1, 0.15) is 13.8 Å². The van der Waals surface area contributed by atoms with Gasteiger partial charge in [-0.2, -0.15) is 0 Å². The van der Waals surface area contributed by atoms with Crippen LogP contribution in [0.3, 0.4) is 0 Å². The first-order valence-corrected chi connectivity index (χ1v) is 6.80. The molecule has 4 heteroatoms. The lowest BCUT2D eigenvalue weighted by Gasteiger charge is -2.43. The minimum absolute atomic E-state index is 0.194. The fraction of sp³-hybridized carbons (Fsp3) is 0.636. The minimum atomic E-state index is -2.64. The van der Waals surface area contributed by atoms with E-state index < -0.39 is 8.80 Å². The van der Waals surface area contributed by atoms with Gasteiger partial charge in [0.2, 0.25) is 0 Å². The fourth-order valence-corrected chi connectivity index (χ4v) is 4.90. The van der Waals surface area contributed by atoms with E-state index in [2.05, 4.69) is 26.0 Å². The second-order valence-corrected chi connectivity index (χ2v) is 7.40. The maximum absolute atomic E-state index is 5.56. The summed E-state index contributed by atoms with van der Waals surface area (Å²) < 4.78 is 16.7. The molecule has 2 unspecified atom stereocenters. The molecule has 0 saturated carbocycles. The second kappa shape index (κ2) is 4.61. The highest BCUT2D eigenvalue weighted by atomic mass is 28.4. The summed E-state index contributed by atoms with van der Waals surface area (Å²) >= 11 is 0. The Morgan fingerprint density at radius 3 is 2.00 bits per heavy atom. The standard InChI is InChI=1S/C11H20O3Si/c1-10-8-6-7-9-11(10,2)15(12-3,13-4)14-5/h6-10H,1-5H3. The number of rotatable bonds is 4. The third kappa shape index (κ3) is 1.82. The Kier molecular flexibility index (Phi) is 3.89. The summed E-state index contributed by atoms with van der Waals surface area (Å²) in [6, 6.07) is 0. The molecule has 0 aromatic heterocycles. The summed E-state index contributed by atoms with van der Waals surface area (Å²) in [4.78, 5) is 0. The van der Waals surface area contributed by atoms with Crippen molar-refractivity contribution < 1.29 is 13.3 Å². The first-order valence-electron chi connectivity index (χ1n) is 5.08. The minimum Gasteiger partial charge on any atom is -0.376 e. The molecule has 0 fully saturated rings. The molecular weight excluding hydrogens is 208 g/mol. The number of allylic oxidation sites excluding steroid dienone is 4. The van der Waals surface area contributed by atoms with Crippen molar-refractivity contribution in [2.75, 3.05) is 21.3 Å². The Labute approximate surface area is 93.1 Å². The quantitative estimate of drug-likeness (QED) is 0.691. The fourth-order valence-electron chi connectivity index (χ4n) is 2.13. The van der Waals surface area contributed by atoms with Crippen molar-refractivity contribution in [3.63, 3.8) is 0 Å². The summed E-state index contributed by atoms with van der Waals surface area (Å²) in [7, 11) is 2.33. The van der Waals surface area contributed by atoms with Gasteiger partial charge in [0, 0.05) is 21.3 Å². The van der Waals surface area contributed by atoms with Crippen molar-refractivity contribution in [3.8, 4) is 0 Å². The van der Waals surface area contributed by atoms with E-state index >= 15 is 0 Å². The van der Waals surface area contributed by atoms with Crippen molar-refractivity contribution in [3.05, 3.63) is 24.3 Å². The van der Waals surface area contributed by atoms with Crippen LogP contribution in [0.2, 0.25) is 5.04 Å². The maximum atomic E-state index is 5.56. The lowest BCUT2D eigenvalue weighted by atomic mass is 9.90. The van der Waals surface area contributed by atoms with Crippen molar-refractivity contribution >= 4 is 8.80 Å². The normalized spacial score (nSPS) is 30.9. The van der Waals surface area contributed by atoms with Crippen molar-refractivity contribution in [1.82, 2.24) is 0 Å². The van der Waals surface area contributed by atoms with Gasteiger partial charge in [0.05, 0.1) is 5.04 Å². The summed E-state index contributed by atoms with van der Waals surface area (Å²) in [6.45, 7) is 4.28. The Balaban J connectivity index is 3.11. The van der Waals surface area contributed by atoms with Crippen LogP contribution in [-0.4, -0.2) is 30.1 Å². The van der Waals surface area contributed by atoms with Crippen LogP contribution in [0.5, 0.6) is 0 Å². The van der Waals surface area contributed by atoms with Gasteiger partial charge in [0.1, 0.15) is 0 Å². The largest absolute Gasteiger partial charge is 0.510 e. The molecule has 1 aliphatic carbocycles. The van der Waals surface area contributed by atoms with Crippen LogP contribution < -0.4 is 0 Å². The molecule has 2 atom stereocenters. The topological polar surface area (TPSA) is 27.7 Å². The molecule has 0 saturated heterocycles. The molecule has 15 heavy (non-hydrogen) atoms. The summed E-state index contributed by atoms with van der Waals surface area (Å²) in [5.41, 5.74) is 0. The third-order valence-electron chi connectivity index (χ3n) is 3.37. The van der Waals surface area contributed by atoms with Gasteiger partial charge >= 0.3 is 8.80 Å². The molecule has 1 rings (SSSR count). The van der Waals surface area contributed by atoms with Crippen LogP contribution in [0, 0.1) is 5.92 Å². The van der Waals surface area contributed by atoms with Crippen LogP contribution >= 0.6 is 0 Å². The molecule has 86 valence electrons. The van der Waals surface area contributed by atoms with E-state index in [-0.39, 0.29) is 5.04 Å². The molecule has 0 amide bonds. The lowest BCUT2D eigenvalue weighted by molar-refractivity contribution is 0.0937. The van der Waals surface area contributed by atoms with E-state index in [1.807, 2.05) is 12.2 Å². The van der Waals surface area contributed by atoms with E-state index in [0.29, 0.717) is 5.92 Å². The molecule has 0 radical (unpaired) electrons. The van der Waals surface area contributed by atoms with Gasteiger partial charge in [-0.05, 0) is 5.92 Å². The SMILES string of the molecule is CO[Si](OC)(OC)C1(C)C=CC=CC1C. The zero-order chi connectivity index (χ0) is 11.5. The van der Waals surface area contributed by atoms with Crippen molar-refractivity contribution in [2.24, 2.45) is 5.92 Å². The first kappa shape index (κ1) is 12.6. The Morgan fingerprint density at radius 2 is 1.60 bits per heavy atom. The smallest absolute Gasteiger partial charge is 0.376 e. The van der Waals surface area contributed by atoms with E-state index in [0.717, 1.165) is 0 Å². The number of hydrogen-bond donors (Lipinski definition) is 0. The molecular formula is C11H20O3Si. The van der Waals surface area contributed by atoms with Crippen LogP contribution in [0.15, 0.2) is 24.3 Å². The zero-order valence-corrected chi connectivity index (χ0v) is 11.1. The highest BCUT2D eigenvalue weighted by molar-refractivity contribution is 6.65. The number of hydrogen-bond acceptors (Lipinski definition) is 3. The molecule has 3 nitrogen and oxygen atoms in total. The van der Waals surface area contributed by atoms with Gasteiger partial charge in [0.25, 0.3) is 0 Å². The molecule has 1 aliphatic rings.